The Bertz CT molecular complexity index is 2230. The number of benzene rings is 5. The van der Waals surface area contributed by atoms with Gasteiger partial charge in [-0.15, -0.1) is 11.8 Å². The minimum absolute atomic E-state index is 0.00173. The fourth-order valence-corrected chi connectivity index (χ4v) is 6.49. The van der Waals surface area contributed by atoms with E-state index in [2.05, 4.69) is 39.6 Å². The van der Waals surface area contributed by atoms with Gasteiger partial charge in [-0.1, -0.05) is 42.5 Å². The number of rotatable bonds is 12. The summed E-state index contributed by atoms with van der Waals surface area (Å²) in [7, 11) is 3.07. The van der Waals surface area contributed by atoms with Crippen LogP contribution in [0.2, 0.25) is 0 Å². The van der Waals surface area contributed by atoms with E-state index < -0.39 is 11.8 Å². The molecule has 0 atom stereocenters. The molecule has 0 bridgehead atoms. The fraction of sp³-hybridized carbons (Fsp3) is 0.125. The SMILES string of the molecule is CCn1c2ccccc2c2cc(NC(=O)CSc3cccc(NC(=O)/C(=C\c4cc(OC)ccc4OC)NC(=O)c4ccccc4)c3)ccc21. The molecule has 1 heterocycles. The van der Waals surface area contributed by atoms with Crippen molar-refractivity contribution in [3.05, 3.63) is 132 Å². The average molecular weight is 685 g/mol. The molecule has 6 rings (SSSR count). The first kappa shape index (κ1) is 33.9. The van der Waals surface area contributed by atoms with Gasteiger partial charge < -0.3 is 30.0 Å². The Morgan fingerprint density at radius 2 is 1.50 bits per heavy atom. The molecule has 0 aliphatic rings. The van der Waals surface area contributed by atoms with E-state index in [1.165, 1.54) is 24.9 Å². The molecule has 6 aromatic rings. The van der Waals surface area contributed by atoms with Gasteiger partial charge in [-0.25, -0.2) is 0 Å². The zero-order valence-corrected chi connectivity index (χ0v) is 28.7. The maximum Gasteiger partial charge on any atom is 0.272 e. The van der Waals surface area contributed by atoms with Crippen molar-refractivity contribution in [2.45, 2.75) is 18.4 Å². The van der Waals surface area contributed by atoms with Crippen LogP contribution in [0.3, 0.4) is 0 Å². The van der Waals surface area contributed by atoms with E-state index in [1.807, 2.05) is 42.5 Å². The lowest BCUT2D eigenvalue weighted by molar-refractivity contribution is -0.114. The van der Waals surface area contributed by atoms with Crippen molar-refractivity contribution in [3.8, 4) is 11.5 Å². The van der Waals surface area contributed by atoms with Crippen molar-refractivity contribution in [2.24, 2.45) is 0 Å². The van der Waals surface area contributed by atoms with Crippen molar-refractivity contribution in [1.82, 2.24) is 9.88 Å². The molecule has 0 spiro atoms. The highest BCUT2D eigenvalue weighted by atomic mass is 32.2. The number of ether oxygens (including phenoxy) is 2. The molecule has 0 radical (unpaired) electrons. The highest BCUT2D eigenvalue weighted by Crippen LogP contribution is 2.31. The Hall–Kier alpha value is -6.00. The third-order valence-corrected chi connectivity index (χ3v) is 9.09. The molecule has 9 nitrogen and oxygen atoms in total. The minimum atomic E-state index is -0.543. The highest BCUT2D eigenvalue weighted by molar-refractivity contribution is 8.00. The van der Waals surface area contributed by atoms with Crippen LogP contribution in [0.25, 0.3) is 27.9 Å². The number of fused-ring (bicyclic) bond motifs is 3. The topological polar surface area (TPSA) is 111 Å². The lowest BCUT2D eigenvalue weighted by Gasteiger charge is -2.14. The summed E-state index contributed by atoms with van der Waals surface area (Å²) in [5.41, 5.74) is 4.45. The summed E-state index contributed by atoms with van der Waals surface area (Å²) in [6.07, 6.45) is 1.54. The number of carbonyl (C=O) groups excluding carboxylic acids is 3. The van der Waals surface area contributed by atoms with E-state index in [4.69, 9.17) is 9.47 Å². The predicted molar refractivity (Wildman–Crippen MR) is 201 cm³/mol. The van der Waals surface area contributed by atoms with Gasteiger partial charge in [0.25, 0.3) is 11.8 Å². The first-order valence-electron chi connectivity index (χ1n) is 16.0. The van der Waals surface area contributed by atoms with Crippen LogP contribution in [0.1, 0.15) is 22.8 Å². The molecule has 0 saturated heterocycles. The van der Waals surface area contributed by atoms with Gasteiger partial charge in [-0.3, -0.25) is 14.4 Å². The van der Waals surface area contributed by atoms with Gasteiger partial charge in [0.05, 0.1) is 20.0 Å². The molecular formula is C40H36N4O5S. The summed E-state index contributed by atoms with van der Waals surface area (Å²) in [5.74, 6) is 0.0847. The molecule has 0 aliphatic carbocycles. The van der Waals surface area contributed by atoms with Gasteiger partial charge in [0.2, 0.25) is 5.91 Å². The summed E-state index contributed by atoms with van der Waals surface area (Å²) >= 11 is 1.35. The number of aryl methyl sites for hydroxylation is 1. The third kappa shape index (κ3) is 7.66. The quantitative estimate of drug-likeness (QED) is 0.0891. The van der Waals surface area contributed by atoms with Crippen LogP contribution >= 0.6 is 11.8 Å². The van der Waals surface area contributed by atoms with Crippen molar-refractivity contribution >= 4 is 68.7 Å². The molecule has 5 aromatic carbocycles. The molecule has 3 N–H and O–H groups in total. The molecule has 0 aliphatic heterocycles. The smallest absolute Gasteiger partial charge is 0.272 e. The zero-order chi connectivity index (χ0) is 35.0. The number of para-hydroxylation sites is 1. The summed E-state index contributed by atoms with van der Waals surface area (Å²) in [6.45, 7) is 2.97. The number of hydrogen-bond acceptors (Lipinski definition) is 6. The van der Waals surface area contributed by atoms with Gasteiger partial charge in [-0.05, 0) is 85.8 Å². The van der Waals surface area contributed by atoms with E-state index in [0.29, 0.717) is 28.3 Å². The van der Waals surface area contributed by atoms with Gasteiger partial charge in [0, 0.05) is 55.7 Å². The van der Waals surface area contributed by atoms with E-state index in [1.54, 1.807) is 67.8 Å². The van der Waals surface area contributed by atoms with Crippen molar-refractivity contribution in [2.75, 3.05) is 30.6 Å². The maximum atomic E-state index is 13.7. The molecule has 0 unspecified atom stereocenters. The van der Waals surface area contributed by atoms with Gasteiger partial charge in [0.1, 0.15) is 17.2 Å². The Kier molecular flexibility index (Phi) is 10.5. The second kappa shape index (κ2) is 15.5. The molecule has 1 aromatic heterocycles. The van der Waals surface area contributed by atoms with E-state index in [-0.39, 0.29) is 17.4 Å². The van der Waals surface area contributed by atoms with Crippen LogP contribution in [-0.4, -0.2) is 42.3 Å². The van der Waals surface area contributed by atoms with Crippen LogP contribution in [-0.2, 0) is 16.1 Å². The Morgan fingerprint density at radius 3 is 2.28 bits per heavy atom. The minimum Gasteiger partial charge on any atom is -0.497 e. The van der Waals surface area contributed by atoms with Crippen molar-refractivity contribution < 1.29 is 23.9 Å². The number of thioether (sulfide) groups is 1. The first-order valence-corrected chi connectivity index (χ1v) is 17.0. The number of methoxy groups -OCH3 is 2. The standard InChI is InChI=1S/C40H36N4O5S/c1-4-44-35-16-9-8-15-32(35)33-24-29(17-19-36(33)44)41-38(45)25-50-31-14-10-13-28(23-31)42-40(47)34(43-39(46)26-11-6-5-7-12-26)22-27-21-30(48-2)18-20-37(27)49-3/h5-24H,4,25H2,1-3H3,(H,41,45)(H,42,47)(H,43,46)/b34-22+. The van der Waals surface area contributed by atoms with E-state index in [0.717, 1.165) is 38.9 Å². The maximum absolute atomic E-state index is 13.7. The number of amides is 3. The lowest BCUT2D eigenvalue weighted by Crippen LogP contribution is -2.30. The van der Waals surface area contributed by atoms with Crippen molar-refractivity contribution in [3.63, 3.8) is 0 Å². The first-order chi connectivity index (χ1) is 24.4. The number of nitrogens with one attached hydrogen (secondary N) is 3. The number of anilines is 2. The molecule has 3 amide bonds. The number of aromatic nitrogens is 1. The van der Waals surface area contributed by atoms with E-state index >= 15 is 0 Å². The normalized spacial score (nSPS) is 11.3. The number of nitrogens with zero attached hydrogens (tertiary/aromatic N) is 1. The molecule has 0 fully saturated rings. The molecule has 0 saturated carbocycles. The summed E-state index contributed by atoms with van der Waals surface area (Å²) in [6, 6.07) is 35.3. The van der Waals surface area contributed by atoms with Crippen molar-refractivity contribution in [1.29, 1.82) is 0 Å². The predicted octanol–water partition coefficient (Wildman–Crippen LogP) is 7.97. The Balaban J connectivity index is 1.16. The fourth-order valence-electron chi connectivity index (χ4n) is 5.73. The molecule has 252 valence electrons. The number of hydrogen-bond donors (Lipinski definition) is 3. The summed E-state index contributed by atoms with van der Waals surface area (Å²) in [5, 5.41) is 10.9. The zero-order valence-electron chi connectivity index (χ0n) is 27.9. The van der Waals surface area contributed by atoms with Gasteiger partial charge in [-0.2, -0.15) is 0 Å². The third-order valence-electron chi connectivity index (χ3n) is 8.10. The number of carbonyl (C=O) groups is 3. The Labute approximate surface area is 294 Å². The van der Waals surface area contributed by atoms with Crippen LogP contribution in [0.4, 0.5) is 11.4 Å². The van der Waals surface area contributed by atoms with Gasteiger partial charge >= 0.3 is 0 Å². The average Bonchev–Trinajstić information content (AvgIpc) is 3.47. The lowest BCUT2D eigenvalue weighted by atomic mass is 10.1. The second-order valence-electron chi connectivity index (χ2n) is 11.3. The molecule has 10 heteroatoms. The van der Waals surface area contributed by atoms with Crippen LogP contribution in [0.15, 0.2) is 126 Å². The largest absolute Gasteiger partial charge is 0.497 e. The second-order valence-corrected chi connectivity index (χ2v) is 12.3. The Morgan fingerprint density at radius 1 is 0.740 bits per heavy atom. The molecule has 50 heavy (non-hydrogen) atoms. The van der Waals surface area contributed by atoms with Crippen LogP contribution in [0, 0.1) is 0 Å². The highest BCUT2D eigenvalue weighted by Gasteiger charge is 2.17. The summed E-state index contributed by atoms with van der Waals surface area (Å²) < 4.78 is 13.1. The molecular weight excluding hydrogens is 649 g/mol. The summed E-state index contributed by atoms with van der Waals surface area (Å²) in [4.78, 5) is 40.6. The van der Waals surface area contributed by atoms with Gasteiger partial charge in [0.15, 0.2) is 0 Å². The van der Waals surface area contributed by atoms with E-state index in [9.17, 15) is 14.4 Å². The van der Waals surface area contributed by atoms with Crippen LogP contribution < -0.4 is 25.4 Å². The monoisotopic (exact) mass is 684 g/mol. The van der Waals surface area contributed by atoms with Crippen LogP contribution in [0.5, 0.6) is 11.5 Å².